The molecule has 0 aliphatic rings. The number of hydrogen-bond donors (Lipinski definition) is 2. The van der Waals surface area contributed by atoms with Gasteiger partial charge in [0.05, 0.1) is 23.6 Å². The SMILES string of the molecule is CCCOc1ccc(C(=O)O)cc1NC(=O)c1ccc(CS(C)(=O)=O)cc1. The van der Waals surface area contributed by atoms with Gasteiger partial charge in [-0.25, -0.2) is 13.2 Å². The lowest BCUT2D eigenvalue weighted by Gasteiger charge is -2.13. The van der Waals surface area contributed by atoms with Gasteiger partial charge in [0.2, 0.25) is 0 Å². The maximum atomic E-state index is 12.5. The van der Waals surface area contributed by atoms with Crippen LogP contribution in [0.5, 0.6) is 5.75 Å². The normalized spacial score (nSPS) is 11.0. The molecule has 0 radical (unpaired) electrons. The zero-order valence-corrected chi connectivity index (χ0v) is 15.9. The Morgan fingerprint density at radius 2 is 1.70 bits per heavy atom. The molecular weight excluding hydrogens is 370 g/mol. The van der Waals surface area contributed by atoms with E-state index >= 15 is 0 Å². The van der Waals surface area contributed by atoms with E-state index in [-0.39, 0.29) is 17.0 Å². The lowest BCUT2D eigenvalue weighted by Crippen LogP contribution is -2.14. The molecule has 144 valence electrons. The van der Waals surface area contributed by atoms with Crippen LogP contribution in [-0.4, -0.2) is 38.3 Å². The van der Waals surface area contributed by atoms with Crippen LogP contribution in [-0.2, 0) is 15.6 Å². The van der Waals surface area contributed by atoms with Gasteiger partial charge in [-0.05, 0) is 42.3 Å². The van der Waals surface area contributed by atoms with Crippen LogP contribution in [0.15, 0.2) is 42.5 Å². The highest BCUT2D eigenvalue weighted by molar-refractivity contribution is 7.89. The van der Waals surface area contributed by atoms with E-state index in [9.17, 15) is 18.0 Å². The van der Waals surface area contributed by atoms with E-state index in [0.717, 1.165) is 12.7 Å². The van der Waals surface area contributed by atoms with Gasteiger partial charge in [-0.1, -0.05) is 19.1 Å². The van der Waals surface area contributed by atoms with E-state index in [1.807, 2.05) is 6.92 Å². The summed E-state index contributed by atoms with van der Waals surface area (Å²) in [4.78, 5) is 23.7. The first-order valence-electron chi connectivity index (χ1n) is 8.27. The molecule has 27 heavy (non-hydrogen) atoms. The number of aromatic carboxylic acids is 1. The number of amides is 1. The molecular formula is C19H21NO6S. The van der Waals surface area contributed by atoms with E-state index in [1.54, 1.807) is 12.1 Å². The number of hydrogen-bond acceptors (Lipinski definition) is 5. The van der Waals surface area contributed by atoms with E-state index in [1.165, 1.54) is 30.3 Å². The maximum absolute atomic E-state index is 12.5. The van der Waals surface area contributed by atoms with Crippen molar-refractivity contribution in [2.24, 2.45) is 0 Å². The summed E-state index contributed by atoms with van der Waals surface area (Å²) in [5, 5.41) is 11.8. The van der Waals surface area contributed by atoms with Crippen LogP contribution < -0.4 is 10.1 Å². The molecule has 8 heteroatoms. The van der Waals surface area contributed by atoms with E-state index < -0.39 is 21.7 Å². The molecule has 7 nitrogen and oxygen atoms in total. The largest absolute Gasteiger partial charge is 0.491 e. The van der Waals surface area contributed by atoms with Gasteiger partial charge in [-0.2, -0.15) is 0 Å². The molecule has 0 unspecified atom stereocenters. The average molecular weight is 391 g/mol. The number of ether oxygens (including phenoxy) is 1. The van der Waals surface area contributed by atoms with Crippen LogP contribution in [0, 0.1) is 0 Å². The van der Waals surface area contributed by atoms with Gasteiger partial charge in [0, 0.05) is 11.8 Å². The minimum Gasteiger partial charge on any atom is -0.491 e. The van der Waals surface area contributed by atoms with Gasteiger partial charge < -0.3 is 15.2 Å². The number of nitrogens with one attached hydrogen (secondary N) is 1. The average Bonchev–Trinajstić information content (AvgIpc) is 2.59. The number of benzene rings is 2. The Morgan fingerprint density at radius 3 is 2.26 bits per heavy atom. The predicted molar refractivity (Wildman–Crippen MR) is 102 cm³/mol. The Labute approximate surface area is 157 Å². The number of carbonyl (C=O) groups excluding carboxylic acids is 1. The van der Waals surface area contributed by atoms with Crippen molar-refractivity contribution in [1.29, 1.82) is 0 Å². The fraction of sp³-hybridized carbons (Fsp3) is 0.263. The fourth-order valence-corrected chi connectivity index (χ4v) is 3.15. The van der Waals surface area contributed by atoms with Crippen LogP contribution in [0.2, 0.25) is 0 Å². The second kappa shape index (κ2) is 8.68. The fourth-order valence-electron chi connectivity index (χ4n) is 2.35. The molecule has 0 saturated heterocycles. The summed E-state index contributed by atoms with van der Waals surface area (Å²) in [6, 6.07) is 10.4. The molecule has 0 saturated carbocycles. The lowest BCUT2D eigenvalue weighted by molar-refractivity contribution is 0.0696. The number of carbonyl (C=O) groups is 2. The highest BCUT2D eigenvalue weighted by atomic mass is 32.2. The van der Waals surface area contributed by atoms with E-state index in [0.29, 0.717) is 23.5 Å². The highest BCUT2D eigenvalue weighted by Crippen LogP contribution is 2.27. The minimum absolute atomic E-state index is 0.0256. The Balaban J connectivity index is 2.22. The second-order valence-electron chi connectivity index (χ2n) is 6.09. The van der Waals surface area contributed by atoms with Crippen LogP contribution in [0.25, 0.3) is 0 Å². The summed E-state index contributed by atoms with van der Waals surface area (Å²) < 4.78 is 28.2. The zero-order valence-electron chi connectivity index (χ0n) is 15.1. The summed E-state index contributed by atoms with van der Waals surface area (Å²) in [5.41, 5.74) is 1.18. The van der Waals surface area contributed by atoms with Crippen LogP contribution in [0.4, 0.5) is 5.69 Å². The van der Waals surface area contributed by atoms with Gasteiger partial charge in [0.25, 0.3) is 5.91 Å². The molecule has 2 aromatic carbocycles. The number of sulfone groups is 1. The van der Waals surface area contributed by atoms with E-state index in [2.05, 4.69) is 5.32 Å². The summed E-state index contributed by atoms with van der Waals surface area (Å²) in [7, 11) is -3.16. The van der Waals surface area contributed by atoms with E-state index in [4.69, 9.17) is 9.84 Å². The van der Waals surface area contributed by atoms with Gasteiger partial charge in [0.15, 0.2) is 9.84 Å². The molecule has 2 aromatic rings. The molecule has 0 bridgehead atoms. The molecule has 0 aliphatic carbocycles. The van der Waals surface area contributed by atoms with Crippen LogP contribution in [0.1, 0.15) is 39.6 Å². The smallest absolute Gasteiger partial charge is 0.335 e. The number of rotatable bonds is 8. The lowest BCUT2D eigenvalue weighted by atomic mass is 10.1. The van der Waals surface area contributed by atoms with Crippen molar-refractivity contribution in [2.75, 3.05) is 18.2 Å². The number of carboxylic acid groups (broad SMARTS) is 1. The van der Waals surface area contributed by atoms with Gasteiger partial charge in [-0.15, -0.1) is 0 Å². The molecule has 0 aromatic heterocycles. The molecule has 1 amide bonds. The molecule has 0 spiro atoms. The van der Waals surface area contributed by atoms with Gasteiger partial charge in [0.1, 0.15) is 5.75 Å². The first-order chi connectivity index (χ1) is 12.7. The molecule has 2 rings (SSSR count). The third-order valence-electron chi connectivity index (χ3n) is 3.58. The molecule has 2 N–H and O–H groups in total. The van der Waals surface area contributed by atoms with Crippen molar-refractivity contribution in [3.8, 4) is 5.75 Å². The van der Waals surface area contributed by atoms with Crippen molar-refractivity contribution in [3.63, 3.8) is 0 Å². The quantitative estimate of drug-likeness (QED) is 0.716. The monoisotopic (exact) mass is 391 g/mol. The Morgan fingerprint density at radius 1 is 1.07 bits per heavy atom. The zero-order chi connectivity index (χ0) is 20.0. The van der Waals surface area contributed by atoms with Crippen molar-refractivity contribution in [3.05, 3.63) is 59.2 Å². The summed E-state index contributed by atoms with van der Waals surface area (Å²) in [6.07, 6.45) is 1.90. The standard InChI is InChI=1S/C19H21NO6S/c1-3-10-26-17-9-8-15(19(22)23)11-16(17)20-18(21)14-6-4-13(5-7-14)12-27(2,24)25/h4-9,11H,3,10,12H2,1-2H3,(H,20,21)(H,22,23). The van der Waals surface area contributed by atoms with Gasteiger partial charge >= 0.3 is 5.97 Å². The van der Waals surface area contributed by atoms with Crippen LogP contribution in [0.3, 0.4) is 0 Å². The molecule has 0 atom stereocenters. The number of anilines is 1. The Hall–Kier alpha value is -2.87. The van der Waals surface area contributed by atoms with Crippen molar-refractivity contribution >= 4 is 27.4 Å². The van der Waals surface area contributed by atoms with Crippen molar-refractivity contribution < 1.29 is 27.9 Å². The van der Waals surface area contributed by atoms with Crippen molar-refractivity contribution in [1.82, 2.24) is 0 Å². The summed E-state index contributed by atoms with van der Waals surface area (Å²) >= 11 is 0. The number of carboxylic acids is 1. The molecule has 0 aliphatic heterocycles. The Kier molecular flexibility index (Phi) is 6.57. The summed E-state index contributed by atoms with van der Waals surface area (Å²) in [5.74, 6) is -1.30. The third-order valence-corrected chi connectivity index (χ3v) is 4.44. The first kappa shape index (κ1) is 20.4. The van der Waals surface area contributed by atoms with Crippen molar-refractivity contribution in [2.45, 2.75) is 19.1 Å². The minimum atomic E-state index is -3.16. The topological polar surface area (TPSA) is 110 Å². The second-order valence-corrected chi connectivity index (χ2v) is 8.23. The first-order valence-corrected chi connectivity index (χ1v) is 10.3. The Bertz CT molecular complexity index is 935. The maximum Gasteiger partial charge on any atom is 0.335 e. The molecule has 0 fully saturated rings. The highest BCUT2D eigenvalue weighted by Gasteiger charge is 2.14. The van der Waals surface area contributed by atoms with Crippen LogP contribution >= 0.6 is 0 Å². The summed E-state index contributed by atoms with van der Waals surface area (Å²) in [6.45, 7) is 2.36. The van der Waals surface area contributed by atoms with Gasteiger partial charge in [-0.3, -0.25) is 4.79 Å². The molecule has 0 heterocycles. The predicted octanol–water partition coefficient (Wildman–Crippen LogP) is 2.97. The third kappa shape index (κ3) is 6.10.